The van der Waals surface area contributed by atoms with Crippen LogP contribution in [-0.4, -0.2) is 28.1 Å². The average molecular weight is 472 g/mol. The molecule has 2 aromatic heterocycles. The van der Waals surface area contributed by atoms with E-state index in [0.717, 1.165) is 53.8 Å². The molecule has 0 saturated heterocycles. The van der Waals surface area contributed by atoms with Gasteiger partial charge in [-0.15, -0.1) is 0 Å². The largest absolute Gasteiger partial charge is 0.382 e. The molecule has 182 valence electrons. The molecule has 1 amide bonds. The summed E-state index contributed by atoms with van der Waals surface area (Å²) in [6.07, 6.45) is 10.9. The van der Waals surface area contributed by atoms with Crippen LogP contribution in [0.25, 0.3) is 11.1 Å². The van der Waals surface area contributed by atoms with Gasteiger partial charge in [0.15, 0.2) is 0 Å². The molecular weight excluding hydrogens is 438 g/mol. The number of carbonyl (C=O) groups excluding carboxylic acids is 1. The molecule has 2 heterocycles. The van der Waals surface area contributed by atoms with Gasteiger partial charge in [-0.2, -0.15) is 0 Å². The van der Waals surface area contributed by atoms with Crippen molar-refractivity contribution in [2.24, 2.45) is 0 Å². The van der Waals surface area contributed by atoms with Gasteiger partial charge in [0.25, 0.3) is 11.5 Å². The molecule has 7 nitrogen and oxygen atoms in total. The summed E-state index contributed by atoms with van der Waals surface area (Å²) in [4.78, 5) is 33.2. The van der Waals surface area contributed by atoms with Gasteiger partial charge in [-0.05, 0) is 61.6 Å². The summed E-state index contributed by atoms with van der Waals surface area (Å²) >= 11 is 0. The lowest BCUT2D eigenvalue weighted by atomic mass is 9.97. The third kappa shape index (κ3) is 5.67. The van der Waals surface area contributed by atoms with Crippen LogP contribution in [-0.2, 0) is 13.0 Å². The van der Waals surface area contributed by atoms with Crippen LogP contribution in [0.3, 0.4) is 0 Å². The maximum Gasteiger partial charge on any atom is 0.253 e. The van der Waals surface area contributed by atoms with E-state index in [-0.39, 0.29) is 18.0 Å². The molecule has 4 N–H and O–H groups in total. The molecule has 35 heavy (non-hydrogen) atoms. The predicted octanol–water partition coefficient (Wildman–Crippen LogP) is 4.98. The van der Waals surface area contributed by atoms with Gasteiger partial charge in [0, 0.05) is 59.3 Å². The van der Waals surface area contributed by atoms with E-state index in [1.807, 2.05) is 31.2 Å². The van der Waals surface area contributed by atoms with Crippen LogP contribution in [0.4, 0.5) is 5.69 Å². The summed E-state index contributed by atoms with van der Waals surface area (Å²) in [5.74, 6) is -0.314. The fraction of sp³-hybridized carbons (Fsp3) is 0.357. The van der Waals surface area contributed by atoms with E-state index in [2.05, 4.69) is 27.5 Å². The third-order valence-corrected chi connectivity index (χ3v) is 6.59. The Morgan fingerprint density at radius 1 is 1.23 bits per heavy atom. The number of aromatic amines is 1. The molecule has 4 rings (SSSR count). The van der Waals surface area contributed by atoms with E-state index in [0.29, 0.717) is 22.7 Å². The van der Waals surface area contributed by atoms with Crippen molar-refractivity contribution in [1.82, 2.24) is 15.3 Å². The van der Waals surface area contributed by atoms with Crippen LogP contribution in [0.2, 0.25) is 0 Å². The number of nitrogens with one attached hydrogen (secondary N) is 4. The predicted molar refractivity (Wildman–Crippen MR) is 140 cm³/mol. The van der Waals surface area contributed by atoms with Gasteiger partial charge in [0.05, 0.1) is 5.56 Å². The topological polar surface area (TPSA) is 111 Å². The smallest absolute Gasteiger partial charge is 0.253 e. The molecule has 0 radical (unpaired) electrons. The summed E-state index contributed by atoms with van der Waals surface area (Å²) in [6, 6.07) is 9.92. The molecule has 1 fully saturated rings. The van der Waals surface area contributed by atoms with Crippen molar-refractivity contribution in [1.29, 1.82) is 5.41 Å². The van der Waals surface area contributed by atoms with Gasteiger partial charge < -0.3 is 21.0 Å². The molecular formula is C28H33N5O2. The number of carbonyl (C=O) groups is 1. The fourth-order valence-electron chi connectivity index (χ4n) is 4.84. The Balaban J connectivity index is 1.69. The van der Waals surface area contributed by atoms with Crippen LogP contribution in [0.1, 0.15) is 71.8 Å². The number of benzene rings is 1. The lowest BCUT2D eigenvalue weighted by Crippen LogP contribution is -2.29. The molecule has 1 aliphatic carbocycles. The van der Waals surface area contributed by atoms with E-state index < -0.39 is 0 Å². The Hall–Kier alpha value is -3.74. The van der Waals surface area contributed by atoms with Crippen LogP contribution < -0.4 is 16.2 Å². The molecule has 0 unspecified atom stereocenters. The van der Waals surface area contributed by atoms with E-state index in [9.17, 15) is 9.59 Å². The van der Waals surface area contributed by atoms with Crippen LogP contribution in [0, 0.1) is 12.3 Å². The highest BCUT2D eigenvalue weighted by Crippen LogP contribution is 2.31. The molecule has 3 aromatic rings. The van der Waals surface area contributed by atoms with Gasteiger partial charge in [-0.25, -0.2) is 0 Å². The number of anilines is 1. The summed E-state index contributed by atoms with van der Waals surface area (Å²) in [5.41, 5.74) is 5.65. The van der Waals surface area contributed by atoms with Crippen molar-refractivity contribution in [2.45, 2.75) is 65.0 Å². The lowest BCUT2D eigenvalue weighted by Gasteiger charge is -2.20. The highest BCUT2D eigenvalue weighted by atomic mass is 16.1. The second-order valence-electron chi connectivity index (χ2n) is 9.21. The van der Waals surface area contributed by atoms with E-state index in [4.69, 9.17) is 5.41 Å². The Morgan fingerprint density at radius 2 is 2.03 bits per heavy atom. The number of rotatable bonds is 9. The average Bonchev–Trinajstić information content (AvgIpc) is 3.36. The van der Waals surface area contributed by atoms with Crippen molar-refractivity contribution >= 4 is 17.8 Å². The van der Waals surface area contributed by atoms with E-state index >= 15 is 0 Å². The summed E-state index contributed by atoms with van der Waals surface area (Å²) < 4.78 is 0. The summed E-state index contributed by atoms with van der Waals surface area (Å²) in [6.45, 7) is 4.06. The Morgan fingerprint density at radius 3 is 2.71 bits per heavy atom. The summed E-state index contributed by atoms with van der Waals surface area (Å²) in [7, 11) is 0. The molecule has 7 heteroatoms. The minimum Gasteiger partial charge on any atom is -0.382 e. The lowest BCUT2D eigenvalue weighted by molar-refractivity contribution is 0.0950. The zero-order chi connectivity index (χ0) is 24.8. The first kappa shape index (κ1) is 24.4. The zero-order valence-electron chi connectivity index (χ0n) is 20.4. The number of H-pyrrole nitrogens is 1. The number of aromatic nitrogens is 2. The minimum absolute atomic E-state index is 0.129. The first-order chi connectivity index (χ1) is 17.0. The zero-order valence-corrected chi connectivity index (χ0v) is 20.4. The second-order valence-corrected chi connectivity index (χ2v) is 9.21. The van der Waals surface area contributed by atoms with Gasteiger partial charge in [0.1, 0.15) is 0 Å². The molecule has 0 bridgehead atoms. The van der Waals surface area contributed by atoms with Gasteiger partial charge in [-0.1, -0.05) is 32.3 Å². The van der Waals surface area contributed by atoms with Crippen molar-refractivity contribution in [3.8, 4) is 11.1 Å². The normalized spacial score (nSPS) is 13.5. The number of aryl methyl sites for hydroxylation is 2. The maximum absolute atomic E-state index is 13.4. The molecule has 1 aromatic carbocycles. The number of hydrogen-bond acceptors (Lipinski definition) is 5. The number of hydrogen-bond donors (Lipinski definition) is 4. The van der Waals surface area contributed by atoms with Crippen LogP contribution >= 0.6 is 0 Å². The van der Waals surface area contributed by atoms with Crippen molar-refractivity contribution < 1.29 is 4.79 Å². The summed E-state index contributed by atoms with van der Waals surface area (Å²) in [5, 5.41) is 14.6. The maximum atomic E-state index is 13.4. The molecule has 1 saturated carbocycles. The highest BCUT2D eigenvalue weighted by molar-refractivity contribution is 6.06. The van der Waals surface area contributed by atoms with Crippen molar-refractivity contribution in [3.05, 3.63) is 81.0 Å². The quantitative estimate of drug-likeness (QED) is 0.330. The molecule has 0 atom stereocenters. The molecule has 1 aliphatic rings. The minimum atomic E-state index is -0.314. The van der Waals surface area contributed by atoms with Crippen LogP contribution in [0.5, 0.6) is 0 Å². The van der Waals surface area contributed by atoms with Crippen molar-refractivity contribution in [2.75, 3.05) is 5.32 Å². The Kier molecular flexibility index (Phi) is 7.75. The Labute approximate surface area is 205 Å². The third-order valence-electron chi connectivity index (χ3n) is 6.59. The number of nitrogens with zero attached hydrogens (tertiary/aromatic N) is 1. The van der Waals surface area contributed by atoms with E-state index in [1.165, 1.54) is 19.1 Å². The highest BCUT2D eigenvalue weighted by Gasteiger charge is 2.21. The Bertz CT molecular complexity index is 1260. The molecule has 0 aliphatic heterocycles. The fourth-order valence-corrected chi connectivity index (χ4v) is 4.84. The molecule has 0 spiro atoms. The first-order valence-electron chi connectivity index (χ1n) is 12.4. The second kappa shape index (κ2) is 11.1. The van der Waals surface area contributed by atoms with Gasteiger partial charge >= 0.3 is 0 Å². The first-order valence-corrected chi connectivity index (χ1v) is 12.4. The van der Waals surface area contributed by atoms with Gasteiger partial charge in [0.2, 0.25) is 0 Å². The number of pyridine rings is 2. The van der Waals surface area contributed by atoms with E-state index in [1.54, 1.807) is 18.5 Å². The van der Waals surface area contributed by atoms with Crippen molar-refractivity contribution in [3.63, 3.8) is 0 Å². The standard InChI is InChI=1S/C28H33N5O2/c1-3-7-19-12-18(2)32-28(35)25(19)17-31-27(34)23-13-21(20-8-6-11-30-16-20)14-26(24(23)15-29)33-22-9-4-5-10-22/h6,8,11-16,22,29,33H,3-5,7,9-10,17H2,1-2H3,(H,31,34)(H,32,35). The number of amides is 1. The van der Waals surface area contributed by atoms with Gasteiger partial charge in [-0.3, -0.25) is 14.6 Å². The SMILES string of the molecule is CCCc1cc(C)[nH]c(=O)c1CNC(=O)c1cc(-c2cccnc2)cc(NC2CCCC2)c1C=N. The van der Waals surface area contributed by atoms with Crippen LogP contribution in [0.15, 0.2) is 47.5 Å². The monoisotopic (exact) mass is 471 g/mol.